The van der Waals surface area contributed by atoms with Crippen molar-refractivity contribution in [3.8, 4) is 0 Å². The predicted octanol–water partition coefficient (Wildman–Crippen LogP) is -7.75. The average Bonchev–Trinajstić information content (AvgIpc) is 2.10. The van der Waals surface area contributed by atoms with Gasteiger partial charge in [0.1, 0.15) is 0 Å². The van der Waals surface area contributed by atoms with Crippen molar-refractivity contribution in [1.82, 2.24) is 0 Å². The van der Waals surface area contributed by atoms with Gasteiger partial charge in [-0.1, -0.05) is 0 Å². The van der Waals surface area contributed by atoms with Crippen LogP contribution in [-0.4, -0.2) is 59.5 Å². The van der Waals surface area contributed by atoms with E-state index in [1.54, 1.807) is 0 Å². The maximum absolute atomic E-state index is 10.3. The van der Waals surface area contributed by atoms with Crippen LogP contribution in [0.5, 0.6) is 0 Å². The molecule has 0 aromatic carbocycles. The van der Waals surface area contributed by atoms with Gasteiger partial charge in [-0.3, -0.25) is 18.3 Å². The molecule has 0 aliphatic carbocycles. The van der Waals surface area contributed by atoms with Crippen molar-refractivity contribution in [3.05, 3.63) is 0 Å². The minimum absolute atomic E-state index is 0. The number of hydrogen-bond acceptors (Lipinski definition) is 6. The molecule has 0 bridgehead atoms. The van der Waals surface area contributed by atoms with E-state index in [9.17, 15) is 18.3 Å². The van der Waals surface area contributed by atoms with E-state index in [0.717, 1.165) is 0 Å². The van der Waals surface area contributed by atoms with Crippen LogP contribution in [0.4, 0.5) is 0 Å². The predicted molar refractivity (Wildman–Crippen MR) is 71.6 cm³/mol. The van der Waals surface area contributed by atoms with Crippen LogP contribution >= 0.6 is 30.4 Å². The van der Waals surface area contributed by atoms with Crippen LogP contribution in [0.25, 0.3) is 0 Å². The minimum atomic E-state index is -5.20. The maximum atomic E-state index is 10.3. The van der Waals surface area contributed by atoms with Crippen molar-refractivity contribution in [2.45, 2.75) is 24.0 Å². The fraction of sp³-hybridized carbons (Fsp3) is 1.00. The third-order valence-corrected chi connectivity index (χ3v) is 9.75. The van der Waals surface area contributed by atoms with E-state index in [1.807, 2.05) is 0 Å². The zero-order chi connectivity index (χ0) is 19.0. The summed E-state index contributed by atoms with van der Waals surface area (Å²) >= 11 is 0. The van der Waals surface area contributed by atoms with Crippen molar-refractivity contribution >= 4 is 30.4 Å². The normalized spacial score (nSPS) is 13.8. The Kier molecular flexibility index (Phi) is 14.7. The van der Waals surface area contributed by atoms with Crippen LogP contribution in [-0.2, 0) is 18.3 Å². The zero-order valence-corrected chi connectivity index (χ0v) is 20.5. The first-order valence-electron chi connectivity index (χ1n) is 4.67. The molecule has 0 aromatic rings. The van der Waals surface area contributed by atoms with Gasteiger partial charge in [-0.25, -0.2) is 0 Å². The van der Waals surface area contributed by atoms with Gasteiger partial charge in [0, 0.05) is 0 Å². The van der Waals surface area contributed by atoms with Gasteiger partial charge in [0.15, 0.2) is 0 Å². The van der Waals surface area contributed by atoms with Crippen LogP contribution in [0.15, 0.2) is 0 Å². The molecule has 0 heterocycles. The molecule has 0 saturated carbocycles. The van der Waals surface area contributed by atoms with Crippen LogP contribution in [0.3, 0.4) is 0 Å². The Morgan fingerprint density at radius 2 is 0.625 bits per heavy atom. The summed E-state index contributed by atoms with van der Waals surface area (Å²) in [6, 6.07) is 0. The van der Waals surface area contributed by atoms with Crippen LogP contribution in [0.1, 0.15) is 16.7 Å². The summed E-state index contributed by atoms with van der Waals surface area (Å²) in [6.07, 6.45) is 0. The third kappa shape index (κ3) is 9.14. The molecule has 0 fully saturated rings. The van der Waals surface area contributed by atoms with Gasteiger partial charge in [-0.2, -0.15) is 0 Å². The first-order valence-corrected chi connectivity index (χ1v) is 11.1. The molecular formula is C4H18Na2O14P4. The van der Waals surface area contributed by atoms with Gasteiger partial charge in [0.05, 0.1) is 0 Å². The molecule has 24 heavy (non-hydrogen) atoms. The molecule has 0 unspecified atom stereocenters. The Balaban J connectivity index is -0.0000000667. The summed E-state index contributed by atoms with van der Waals surface area (Å²) in [4.78, 5) is 66.0. The fourth-order valence-electron chi connectivity index (χ4n) is 0.339. The van der Waals surface area contributed by atoms with E-state index in [2.05, 4.69) is 0 Å². The maximum Gasteiger partial charge on any atom is 1.00 e. The van der Waals surface area contributed by atoms with E-state index in [0.29, 0.717) is 13.8 Å². The molecule has 10 N–H and O–H groups in total. The van der Waals surface area contributed by atoms with Gasteiger partial charge < -0.3 is 52.2 Å². The number of rotatable bonds is 4. The molecule has 140 valence electrons. The summed E-state index contributed by atoms with van der Waals surface area (Å²) in [7, 11) is -20.8. The monoisotopic (exact) mass is 460 g/mol. The Labute approximate surface area is 182 Å². The van der Waals surface area contributed by atoms with Crippen molar-refractivity contribution in [1.29, 1.82) is 0 Å². The van der Waals surface area contributed by atoms with E-state index < -0.39 is 40.5 Å². The Hall–Kier alpha value is 2.52. The molecule has 0 atom stereocenters. The van der Waals surface area contributed by atoms with E-state index in [4.69, 9.17) is 49.4 Å². The van der Waals surface area contributed by atoms with E-state index in [-0.39, 0.29) is 62.0 Å². The molecule has 14 nitrogen and oxygen atoms in total. The number of hydrogen-bond donors (Lipinski definition) is 10. The molecule has 0 saturated heterocycles. The summed E-state index contributed by atoms with van der Waals surface area (Å²) in [6.45, 7) is 0.767. The van der Waals surface area contributed by atoms with Crippen LogP contribution < -0.4 is 59.1 Å². The second kappa shape index (κ2) is 10.3. The summed E-state index contributed by atoms with van der Waals surface area (Å²) < 4.78 is 41.0. The molecule has 0 amide bonds. The average molecular weight is 460 g/mol. The van der Waals surface area contributed by atoms with Crippen molar-refractivity contribution in [2.24, 2.45) is 0 Å². The Bertz CT molecular complexity index is 486. The topological polar surface area (TPSA) is 271 Å². The Morgan fingerprint density at radius 3 is 0.625 bits per heavy atom. The molecule has 0 radical (unpaired) electrons. The molecule has 0 aliphatic heterocycles. The quantitative estimate of drug-likeness (QED) is 0.138. The molecule has 0 aliphatic rings. The number of aliphatic hydroxyl groups is 2. The Morgan fingerprint density at radius 1 is 0.542 bits per heavy atom. The summed E-state index contributed by atoms with van der Waals surface area (Å²) in [5.41, 5.74) is 0. The first-order chi connectivity index (χ1) is 9.00. The summed E-state index contributed by atoms with van der Waals surface area (Å²) in [5.74, 6) is 0. The summed E-state index contributed by atoms with van der Waals surface area (Å²) in [5, 5.41) is 10.7. The second-order valence-electron chi connectivity index (χ2n) is 4.12. The second-order valence-corrected chi connectivity index (χ2v) is 12.7. The van der Waals surface area contributed by atoms with Gasteiger partial charge in [0.25, 0.3) is 10.2 Å². The van der Waals surface area contributed by atoms with Crippen LogP contribution in [0.2, 0.25) is 0 Å². The molecular weight excluding hydrogens is 442 g/mol. The molecule has 0 aromatic heterocycles. The smallest absolute Gasteiger partial charge is 1.00 e. The van der Waals surface area contributed by atoms with Crippen LogP contribution in [0, 0.1) is 0 Å². The zero-order valence-electron chi connectivity index (χ0n) is 14.9. The van der Waals surface area contributed by atoms with E-state index >= 15 is 0 Å². The van der Waals surface area contributed by atoms with Crippen molar-refractivity contribution in [3.63, 3.8) is 0 Å². The molecule has 0 rings (SSSR count). The third-order valence-electron chi connectivity index (χ3n) is 2.21. The molecule has 0 spiro atoms. The standard InChI is InChI=1S/2C2H8O7P2.2Na.2H/c2*1-2(3,10(4,5)6)11(7,8)9;;;;/h2*3H,1H3,(H2,4,5,6)(H2,7,8,9);;;;/q;;2*+1;2*-1. The van der Waals surface area contributed by atoms with Gasteiger partial charge >= 0.3 is 89.5 Å². The van der Waals surface area contributed by atoms with Crippen molar-refractivity contribution in [2.75, 3.05) is 0 Å². The fourth-order valence-corrected chi connectivity index (χ4v) is 3.05. The van der Waals surface area contributed by atoms with Gasteiger partial charge in [0.2, 0.25) is 0 Å². The largest absolute Gasteiger partial charge is 1.00 e. The minimum Gasteiger partial charge on any atom is -1.00 e. The van der Waals surface area contributed by atoms with Gasteiger partial charge in [-0.05, 0) is 13.8 Å². The molecule has 20 heteroatoms. The van der Waals surface area contributed by atoms with Gasteiger partial charge in [-0.15, -0.1) is 0 Å². The van der Waals surface area contributed by atoms with Crippen molar-refractivity contribution < 1.29 is 130 Å². The first kappa shape index (κ1) is 34.1. The SMILES string of the molecule is CC(O)(P(=O)(O)O)P(=O)(O)O.CC(O)(P(=O)(O)O)P(=O)(O)O.[H-].[H-].[Na+].[Na+]. The van der Waals surface area contributed by atoms with E-state index in [1.165, 1.54) is 0 Å².